The Morgan fingerprint density at radius 3 is 2.53 bits per heavy atom. The van der Waals surface area contributed by atoms with Crippen molar-refractivity contribution in [3.8, 4) is 0 Å². The predicted molar refractivity (Wildman–Crippen MR) is 72.8 cm³/mol. The lowest BCUT2D eigenvalue weighted by molar-refractivity contribution is -0.135. The first-order chi connectivity index (χ1) is 9.02. The maximum atomic E-state index is 11.8. The maximum absolute atomic E-state index is 11.8. The Morgan fingerprint density at radius 2 is 1.95 bits per heavy atom. The summed E-state index contributed by atoms with van der Waals surface area (Å²) in [7, 11) is 1.79. The van der Waals surface area contributed by atoms with Crippen LogP contribution in [0.25, 0.3) is 0 Å². The number of nitrogens with zero attached hydrogens (tertiary/aromatic N) is 2. The van der Waals surface area contributed by atoms with Gasteiger partial charge in [-0.3, -0.25) is 9.59 Å². The summed E-state index contributed by atoms with van der Waals surface area (Å²) in [5.41, 5.74) is 0. The summed E-state index contributed by atoms with van der Waals surface area (Å²) in [6.07, 6.45) is 0.429. The quantitative estimate of drug-likeness (QED) is 0.673. The van der Waals surface area contributed by atoms with Crippen molar-refractivity contribution < 1.29 is 14.3 Å². The van der Waals surface area contributed by atoms with Crippen LogP contribution in [0.5, 0.6) is 0 Å². The van der Waals surface area contributed by atoms with E-state index >= 15 is 0 Å². The van der Waals surface area contributed by atoms with Gasteiger partial charge in [0.15, 0.2) is 0 Å². The van der Waals surface area contributed by atoms with E-state index in [9.17, 15) is 9.59 Å². The van der Waals surface area contributed by atoms with E-state index in [1.54, 1.807) is 11.9 Å². The molecule has 19 heavy (non-hydrogen) atoms. The van der Waals surface area contributed by atoms with Gasteiger partial charge in [0, 0.05) is 39.1 Å². The van der Waals surface area contributed by atoms with Gasteiger partial charge in [0.25, 0.3) is 0 Å². The Kier molecular flexibility index (Phi) is 6.80. The summed E-state index contributed by atoms with van der Waals surface area (Å²) in [4.78, 5) is 27.0. The van der Waals surface area contributed by atoms with E-state index in [1.165, 1.54) is 0 Å². The molecule has 0 bridgehead atoms. The average molecular weight is 271 g/mol. The zero-order valence-electron chi connectivity index (χ0n) is 12.1. The highest BCUT2D eigenvalue weighted by Gasteiger charge is 2.16. The minimum atomic E-state index is 0.0498. The van der Waals surface area contributed by atoms with E-state index < -0.39 is 0 Å². The Hall–Kier alpha value is -1.14. The van der Waals surface area contributed by atoms with Gasteiger partial charge in [0.2, 0.25) is 11.8 Å². The molecule has 6 heteroatoms. The molecule has 0 atom stereocenters. The standard InChI is InChI=1S/C13H25N3O3/c1-11(2)15(3)13(18)10-14-5-4-12(17)16-6-8-19-9-7-16/h11,14H,4-10H2,1-3H3. The zero-order valence-corrected chi connectivity index (χ0v) is 12.1. The van der Waals surface area contributed by atoms with Gasteiger partial charge in [-0.05, 0) is 13.8 Å². The van der Waals surface area contributed by atoms with Crippen molar-refractivity contribution in [3.63, 3.8) is 0 Å². The fourth-order valence-corrected chi connectivity index (χ4v) is 1.77. The maximum Gasteiger partial charge on any atom is 0.236 e. The molecule has 2 amide bonds. The summed E-state index contributed by atoms with van der Waals surface area (Å²) in [6, 6.07) is 0.198. The van der Waals surface area contributed by atoms with Crippen molar-refractivity contribution in [1.82, 2.24) is 15.1 Å². The highest BCUT2D eigenvalue weighted by molar-refractivity contribution is 5.78. The molecule has 1 heterocycles. The second-order valence-electron chi connectivity index (χ2n) is 5.02. The number of morpholine rings is 1. The van der Waals surface area contributed by atoms with Crippen LogP contribution in [-0.4, -0.2) is 74.1 Å². The van der Waals surface area contributed by atoms with Crippen LogP contribution in [0.15, 0.2) is 0 Å². The molecule has 1 N–H and O–H groups in total. The van der Waals surface area contributed by atoms with Crippen LogP contribution in [-0.2, 0) is 14.3 Å². The minimum absolute atomic E-state index is 0.0498. The number of amides is 2. The monoisotopic (exact) mass is 271 g/mol. The lowest BCUT2D eigenvalue weighted by Crippen LogP contribution is -2.43. The lowest BCUT2D eigenvalue weighted by Gasteiger charge is -2.27. The Balaban J connectivity index is 2.13. The Labute approximate surface area is 115 Å². The van der Waals surface area contributed by atoms with E-state index in [2.05, 4.69) is 5.32 Å². The smallest absolute Gasteiger partial charge is 0.236 e. The van der Waals surface area contributed by atoms with Crippen LogP contribution >= 0.6 is 0 Å². The number of ether oxygens (including phenoxy) is 1. The second kappa shape index (κ2) is 8.12. The third-order valence-electron chi connectivity index (χ3n) is 3.32. The molecule has 0 saturated carbocycles. The average Bonchev–Trinajstić information content (AvgIpc) is 2.43. The summed E-state index contributed by atoms with van der Waals surface area (Å²) in [6.45, 7) is 7.36. The predicted octanol–water partition coefficient (Wildman–Crippen LogP) is -0.308. The largest absolute Gasteiger partial charge is 0.378 e. The molecule has 1 saturated heterocycles. The summed E-state index contributed by atoms with van der Waals surface area (Å²) in [5, 5.41) is 3.02. The lowest BCUT2D eigenvalue weighted by atomic mass is 10.3. The normalized spacial score (nSPS) is 15.7. The Bertz CT molecular complexity index is 302. The molecule has 0 aliphatic carbocycles. The van der Waals surface area contributed by atoms with Crippen LogP contribution in [0.2, 0.25) is 0 Å². The molecule has 1 aliphatic rings. The summed E-state index contributed by atoms with van der Waals surface area (Å²) in [5.74, 6) is 0.175. The molecule has 0 spiro atoms. The number of rotatable bonds is 6. The van der Waals surface area contributed by atoms with Gasteiger partial charge >= 0.3 is 0 Å². The number of carbonyl (C=O) groups is 2. The van der Waals surface area contributed by atoms with E-state index in [-0.39, 0.29) is 24.4 Å². The summed E-state index contributed by atoms with van der Waals surface area (Å²) >= 11 is 0. The molecule has 0 unspecified atom stereocenters. The number of hydrogen-bond donors (Lipinski definition) is 1. The number of hydrogen-bond acceptors (Lipinski definition) is 4. The van der Waals surface area contributed by atoms with Gasteiger partial charge in [-0.25, -0.2) is 0 Å². The SMILES string of the molecule is CC(C)N(C)C(=O)CNCCC(=O)N1CCOCC1. The fourth-order valence-electron chi connectivity index (χ4n) is 1.77. The van der Waals surface area contributed by atoms with Gasteiger partial charge in [0.1, 0.15) is 0 Å². The molecule has 1 fully saturated rings. The first-order valence-corrected chi connectivity index (χ1v) is 6.84. The molecule has 1 rings (SSSR count). The Morgan fingerprint density at radius 1 is 1.32 bits per heavy atom. The van der Waals surface area contributed by atoms with Crippen LogP contribution in [0.3, 0.4) is 0 Å². The molecule has 0 aromatic carbocycles. The van der Waals surface area contributed by atoms with Gasteiger partial charge in [-0.1, -0.05) is 0 Å². The number of nitrogens with one attached hydrogen (secondary N) is 1. The van der Waals surface area contributed by atoms with E-state index in [1.807, 2.05) is 18.7 Å². The van der Waals surface area contributed by atoms with Crippen molar-refractivity contribution in [3.05, 3.63) is 0 Å². The van der Waals surface area contributed by atoms with Crippen LogP contribution in [0.4, 0.5) is 0 Å². The molecule has 1 aliphatic heterocycles. The highest BCUT2D eigenvalue weighted by Crippen LogP contribution is 1.99. The number of likely N-dealkylation sites (N-methyl/N-ethyl adjacent to an activating group) is 1. The highest BCUT2D eigenvalue weighted by atomic mass is 16.5. The van der Waals surface area contributed by atoms with Crippen molar-refractivity contribution >= 4 is 11.8 Å². The van der Waals surface area contributed by atoms with E-state index in [0.717, 1.165) is 0 Å². The van der Waals surface area contributed by atoms with Gasteiger partial charge < -0.3 is 19.9 Å². The number of carbonyl (C=O) groups excluding carboxylic acids is 2. The topological polar surface area (TPSA) is 61.9 Å². The molecule has 0 radical (unpaired) electrons. The van der Waals surface area contributed by atoms with E-state index in [4.69, 9.17) is 4.74 Å². The van der Waals surface area contributed by atoms with Crippen molar-refractivity contribution in [2.24, 2.45) is 0 Å². The first kappa shape index (κ1) is 15.9. The third-order valence-corrected chi connectivity index (χ3v) is 3.32. The van der Waals surface area contributed by atoms with Gasteiger partial charge in [0.05, 0.1) is 19.8 Å². The minimum Gasteiger partial charge on any atom is -0.378 e. The molecule has 110 valence electrons. The van der Waals surface area contributed by atoms with Crippen molar-refractivity contribution in [2.75, 3.05) is 46.4 Å². The van der Waals surface area contributed by atoms with E-state index in [0.29, 0.717) is 39.3 Å². The van der Waals surface area contributed by atoms with Gasteiger partial charge in [-0.2, -0.15) is 0 Å². The second-order valence-corrected chi connectivity index (χ2v) is 5.02. The first-order valence-electron chi connectivity index (χ1n) is 6.84. The van der Waals surface area contributed by atoms with Crippen molar-refractivity contribution in [1.29, 1.82) is 0 Å². The van der Waals surface area contributed by atoms with Crippen molar-refractivity contribution in [2.45, 2.75) is 26.3 Å². The molecule has 0 aromatic heterocycles. The third kappa shape index (κ3) is 5.57. The van der Waals surface area contributed by atoms with Crippen LogP contribution in [0.1, 0.15) is 20.3 Å². The zero-order chi connectivity index (χ0) is 14.3. The molecular formula is C13H25N3O3. The molecule has 0 aromatic rings. The molecular weight excluding hydrogens is 246 g/mol. The van der Waals surface area contributed by atoms with Gasteiger partial charge in [-0.15, -0.1) is 0 Å². The fraction of sp³-hybridized carbons (Fsp3) is 0.846. The molecule has 6 nitrogen and oxygen atoms in total. The van der Waals surface area contributed by atoms with Crippen LogP contribution in [0, 0.1) is 0 Å². The summed E-state index contributed by atoms with van der Waals surface area (Å²) < 4.78 is 5.20. The van der Waals surface area contributed by atoms with Crippen LogP contribution < -0.4 is 5.32 Å².